The normalized spacial score (nSPS) is 10.8. The first kappa shape index (κ1) is 14.9. The van der Waals surface area contributed by atoms with Gasteiger partial charge in [0.05, 0.1) is 24.0 Å². The number of benzene rings is 1. The van der Waals surface area contributed by atoms with E-state index in [1.807, 2.05) is 18.2 Å². The summed E-state index contributed by atoms with van der Waals surface area (Å²) < 4.78 is 1.33. The van der Waals surface area contributed by atoms with E-state index in [1.165, 1.54) is 4.68 Å². The summed E-state index contributed by atoms with van der Waals surface area (Å²) in [7, 11) is 0. The van der Waals surface area contributed by atoms with Crippen molar-refractivity contribution in [2.24, 2.45) is 0 Å². The molecule has 6 nitrogen and oxygen atoms in total. The molecule has 0 spiro atoms. The van der Waals surface area contributed by atoms with Crippen LogP contribution in [0.25, 0.3) is 10.8 Å². The molecule has 0 unspecified atom stereocenters. The summed E-state index contributed by atoms with van der Waals surface area (Å²) in [5.41, 5.74) is 1.04. The third kappa shape index (κ3) is 3.26. The summed E-state index contributed by atoms with van der Waals surface area (Å²) in [6.07, 6.45) is 2.03. The Balaban J connectivity index is 2.01. The molecule has 2 aromatic heterocycles. The van der Waals surface area contributed by atoms with E-state index in [2.05, 4.69) is 10.1 Å². The van der Waals surface area contributed by atoms with Crippen LogP contribution in [0.1, 0.15) is 11.4 Å². The van der Waals surface area contributed by atoms with Crippen LogP contribution in [-0.4, -0.2) is 25.8 Å². The number of pyridine rings is 1. The number of hydrogen-bond donors (Lipinski definition) is 1. The van der Waals surface area contributed by atoms with E-state index in [4.69, 9.17) is 5.11 Å². The van der Waals surface area contributed by atoms with Gasteiger partial charge in [0.2, 0.25) is 0 Å². The Morgan fingerprint density at radius 3 is 2.52 bits per heavy atom. The van der Waals surface area contributed by atoms with Gasteiger partial charge in [0.15, 0.2) is 0 Å². The minimum atomic E-state index is -0.974. The first-order valence-corrected chi connectivity index (χ1v) is 7.25. The van der Waals surface area contributed by atoms with Gasteiger partial charge in [0, 0.05) is 23.7 Å². The molecule has 1 N–H and O–H groups in total. The number of fused-ring (bicyclic) bond motifs is 1. The van der Waals surface area contributed by atoms with E-state index in [1.54, 1.807) is 30.5 Å². The molecule has 0 amide bonds. The van der Waals surface area contributed by atoms with Crippen molar-refractivity contribution >= 4 is 16.7 Å². The van der Waals surface area contributed by atoms with Crippen LogP contribution in [0.2, 0.25) is 0 Å². The number of rotatable bonds is 5. The monoisotopic (exact) mass is 309 g/mol. The molecule has 6 heteroatoms. The van der Waals surface area contributed by atoms with E-state index in [9.17, 15) is 9.59 Å². The number of carbonyl (C=O) groups is 1. The maximum Gasteiger partial charge on any atom is 0.309 e. The molecule has 0 saturated carbocycles. The Hall–Kier alpha value is -3.02. The lowest BCUT2D eigenvalue weighted by atomic mass is 10.1. The minimum Gasteiger partial charge on any atom is -0.481 e. The largest absolute Gasteiger partial charge is 0.481 e. The van der Waals surface area contributed by atoms with Crippen LogP contribution in [0.4, 0.5) is 0 Å². The zero-order valence-electron chi connectivity index (χ0n) is 12.3. The molecule has 0 saturated heterocycles. The van der Waals surface area contributed by atoms with E-state index in [-0.39, 0.29) is 12.0 Å². The van der Waals surface area contributed by atoms with Gasteiger partial charge in [-0.3, -0.25) is 14.6 Å². The predicted molar refractivity (Wildman–Crippen MR) is 85.3 cm³/mol. The number of carboxylic acid groups (broad SMARTS) is 1. The first-order valence-electron chi connectivity index (χ1n) is 7.25. The summed E-state index contributed by atoms with van der Waals surface area (Å²) >= 11 is 0. The molecule has 0 aliphatic heterocycles. The average molecular weight is 309 g/mol. The second kappa shape index (κ2) is 6.39. The van der Waals surface area contributed by atoms with Gasteiger partial charge in [0.1, 0.15) is 0 Å². The molecule has 116 valence electrons. The molecule has 1 aromatic carbocycles. The van der Waals surface area contributed by atoms with Crippen LogP contribution >= 0.6 is 0 Å². The highest BCUT2D eigenvalue weighted by atomic mass is 16.4. The molecule has 0 aliphatic carbocycles. The molecule has 0 aliphatic rings. The van der Waals surface area contributed by atoms with E-state index >= 15 is 0 Å². The number of aliphatic carboxylic acids is 1. The SMILES string of the molecule is O=C(O)Cc1nn(CCc2ccccn2)c(=O)c2ccccc12. The van der Waals surface area contributed by atoms with Gasteiger partial charge in [-0.1, -0.05) is 24.3 Å². The fourth-order valence-electron chi connectivity index (χ4n) is 2.50. The van der Waals surface area contributed by atoms with Gasteiger partial charge < -0.3 is 5.11 Å². The van der Waals surface area contributed by atoms with Crippen LogP contribution in [0, 0.1) is 0 Å². The molecule has 23 heavy (non-hydrogen) atoms. The molecule has 3 rings (SSSR count). The lowest BCUT2D eigenvalue weighted by Crippen LogP contribution is -2.26. The molecule has 0 fully saturated rings. The number of aryl methyl sites for hydroxylation is 2. The Morgan fingerprint density at radius 2 is 1.83 bits per heavy atom. The third-order valence-corrected chi connectivity index (χ3v) is 3.57. The number of hydrogen-bond acceptors (Lipinski definition) is 4. The van der Waals surface area contributed by atoms with Crippen LogP contribution in [0.5, 0.6) is 0 Å². The highest BCUT2D eigenvalue weighted by molar-refractivity contribution is 5.86. The highest BCUT2D eigenvalue weighted by Crippen LogP contribution is 2.14. The fraction of sp³-hybridized carbons (Fsp3) is 0.176. The average Bonchev–Trinajstić information content (AvgIpc) is 2.57. The lowest BCUT2D eigenvalue weighted by molar-refractivity contribution is -0.136. The van der Waals surface area contributed by atoms with Crippen molar-refractivity contribution in [3.05, 3.63) is 70.4 Å². The molecular formula is C17H15N3O3. The van der Waals surface area contributed by atoms with Gasteiger partial charge in [-0.05, 0) is 18.2 Å². The van der Waals surface area contributed by atoms with Crippen molar-refractivity contribution in [2.75, 3.05) is 0 Å². The van der Waals surface area contributed by atoms with Gasteiger partial charge >= 0.3 is 5.97 Å². The number of carboxylic acids is 1. The Kier molecular flexibility index (Phi) is 4.14. The van der Waals surface area contributed by atoms with Crippen LogP contribution in [0.15, 0.2) is 53.5 Å². The molecule has 0 bridgehead atoms. The van der Waals surface area contributed by atoms with Crippen molar-refractivity contribution in [2.45, 2.75) is 19.4 Å². The van der Waals surface area contributed by atoms with Crippen molar-refractivity contribution in [1.29, 1.82) is 0 Å². The maximum atomic E-state index is 12.5. The van der Waals surface area contributed by atoms with Crippen molar-refractivity contribution < 1.29 is 9.90 Å². The molecular weight excluding hydrogens is 294 g/mol. The third-order valence-electron chi connectivity index (χ3n) is 3.57. The van der Waals surface area contributed by atoms with E-state index in [0.29, 0.717) is 29.4 Å². The number of nitrogens with zero attached hydrogens (tertiary/aromatic N) is 3. The highest BCUT2D eigenvalue weighted by Gasteiger charge is 2.12. The van der Waals surface area contributed by atoms with E-state index < -0.39 is 5.97 Å². The van der Waals surface area contributed by atoms with Gasteiger partial charge in [-0.2, -0.15) is 5.10 Å². The summed E-state index contributed by atoms with van der Waals surface area (Å²) in [6.45, 7) is 0.354. The second-order valence-corrected chi connectivity index (χ2v) is 5.16. The number of aromatic nitrogens is 3. The second-order valence-electron chi connectivity index (χ2n) is 5.16. The molecule has 0 atom stereocenters. The summed E-state index contributed by atoms with van der Waals surface area (Å²) in [5, 5.41) is 14.4. The quantitative estimate of drug-likeness (QED) is 0.775. The summed E-state index contributed by atoms with van der Waals surface area (Å²) in [5.74, 6) is -0.974. The predicted octanol–water partition coefficient (Wildman–Crippen LogP) is 1.66. The topological polar surface area (TPSA) is 85.1 Å². The van der Waals surface area contributed by atoms with Crippen molar-refractivity contribution in [1.82, 2.24) is 14.8 Å². The fourth-order valence-corrected chi connectivity index (χ4v) is 2.50. The van der Waals surface area contributed by atoms with Crippen molar-refractivity contribution in [3.8, 4) is 0 Å². The molecule has 3 aromatic rings. The van der Waals surface area contributed by atoms with Crippen LogP contribution in [0.3, 0.4) is 0 Å². The Labute approximate surface area is 132 Å². The van der Waals surface area contributed by atoms with Crippen molar-refractivity contribution in [3.63, 3.8) is 0 Å². The van der Waals surface area contributed by atoms with Crippen LogP contribution in [-0.2, 0) is 24.2 Å². The standard InChI is InChI=1S/C17H15N3O3/c21-16(22)11-15-13-6-1-2-7-14(13)17(23)20(19-15)10-8-12-5-3-4-9-18-12/h1-7,9H,8,10-11H2,(H,21,22). The molecule has 0 radical (unpaired) electrons. The Morgan fingerprint density at radius 1 is 1.09 bits per heavy atom. The smallest absolute Gasteiger partial charge is 0.309 e. The van der Waals surface area contributed by atoms with Gasteiger partial charge in [-0.25, -0.2) is 4.68 Å². The summed E-state index contributed by atoms with van der Waals surface area (Å²) in [4.78, 5) is 27.8. The van der Waals surface area contributed by atoms with E-state index in [0.717, 1.165) is 5.69 Å². The van der Waals surface area contributed by atoms with Gasteiger partial charge in [0.25, 0.3) is 5.56 Å². The lowest BCUT2D eigenvalue weighted by Gasteiger charge is -2.09. The zero-order valence-corrected chi connectivity index (χ0v) is 12.3. The molecule has 2 heterocycles. The van der Waals surface area contributed by atoms with Crippen LogP contribution < -0.4 is 5.56 Å². The minimum absolute atomic E-state index is 0.217. The zero-order chi connectivity index (χ0) is 16.2. The first-order chi connectivity index (χ1) is 11.1. The summed E-state index contributed by atoms with van der Waals surface area (Å²) in [6, 6.07) is 12.5. The Bertz CT molecular complexity index is 904. The maximum absolute atomic E-state index is 12.5. The van der Waals surface area contributed by atoms with Gasteiger partial charge in [-0.15, -0.1) is 0 Å².